The third-order valence-electron chi connectivity index (χ3n) is 13.2. The minimum Gasteiger partial charge on any atom is -0.481 e. The molecule has 0 spiro atoms. The lowest BCUT2D eigenvalue weighted by molar-refractivity contribution is -0.143. The van der Waals surface area contributed by atoms with Gasteiger partial charge in [0.1, 0.15) is 30.6 Å². The van der Waals surface area contributed by atoms with Gasteiger partial charge in [-0.2, -0.15) is 11.8 Å². The molecule has 3 aromatic carbocycles. The molecule has 2 heterocycles. The molecule has 5 rings (SSSR count). The quantitative estimate of drug-likeness (QED) is 0.0285. The molecule has 5 N–H and O–H groups in total. The van der Waals surface area contributed by atoms with Gasteiger partial charge in [-0.3, -0.25) is 43.3 Å². The van der Waals surface area contributed by atoms with E-state index >= 15 is 4.39 Å². The first kappa shape index (κ1) is 68.1. The lowest BCUT2D eigenvalue weighted by Gasteiger charge is -2.41. The molecule has 21 nitrogen and oxygen atoms in total. The first-order chi connectivity index (χ1) is 40.7. The summed E-state index contributed by atoms with van der Waals surface area (Å²) in [6.07, 6.45) is 2.49. The SMILES string of the molecule is CC(C)(C)C(c1cc(-c2cc(F)ccc2F)cn1Cc1ccccc1)N(CCCCC(=O)[C@H](CC(N)=O)NC(=O)OCc1ccccc1)C(=O)CSC[C@H](CC(=O)CCOCCOCCOCCOCCNC(=O)CN1C(=O)C=CC1=O)C(=O)O. The van der Waals surface area contributed by atoms with E-state index < -0.39 is 88.9 Å². The van der Waals surface area contributed by atoms with Gasteiger partial charge in [-0.25, -0.2) is 13.6 Å². The Morgan fingerprint density at radius 2 is 1.36 bits per heavy atom. The van der Waals surface area contributed by atoms with E-state index in [9.17, 15) is 52.6 Å². The van der Waals surface area contributed by atoms with Crippen molar-refractivity contribution in [2.24, 2.45) is 17.1 Å². The summed E-state index contributed by atoms with van der Waals surface area (Å²) >= 11 is 1.05. The van der Waals surface area contributed by atoms with E-state index in [-0.39, 0.29) is 134 Å². The fraction of sp³-hybridized carbons (Fsp3) is 0.459. The number of nitrogens with zero attached hydrogens (tertiary/aromatic N) is 3. The number of halogens is 2. The van der Waals surface area contributed by atoms with E-state index in [0.29, 0.717) is 23.4 Å². The van der Waals surface area contributed by atoms with Crippen LogP contribution in [0.2, 0.25) is 0 Å². The number of carbonyl (C=O) groups excluding carboxylic acids is 8. The second-order valence-corrected chi connectivity index (χ2v) is 22.1. The van der Waals surface area contributed by atoms with Crippen LogP contribution in [0.25, 0.3) is 11.1 Å². The Labute approximate surface area is 497 Å². The number of aliphatic carboxylic acids is 1. The summed E-state index contributed by atoms with van der Waals surface area (Å²) in [7, 11) is 0. The van der Waals surface area contributed by atoms with Crippen LogP contribution in [0.15, 0.2) is 103 Å². The molecule has 1 unspecified atom stereocenters. The van der Waals surface area contributed by atoms with Crippen LogP contribution in [0.5, 0.6) is 0 Å². The Morgan fingerprint density at radius 3 is 1.98 bits per heavy atom. The number of carbonyl (C=O) groups is 9. The molecule has 1 aliphatic rings. The summed E-state index contributed by atoms with van der Waals surface area (Å²) in [4.78, 5) is 116. The van der Waals surface area contributed by atoms with Crippen LogP contribution in [-0.4, -0.2) is 163 Å². The fourth-order valence-electron chi connectivity index (χ4n) is 9.08. The van der Waals surface area contributed by atoms with Crippen molar-refractivity contribution in [3.63, 3.8) is 0 Å². The van der Waals surface area contributed by atoms with Gasteiger partial charge in [-0.15, -0.1) is 0 Å². The predicted octanol–water partition coefficient (Wildman–Crippen LogP) is 6.20. The first-order valence-corrected chi connectivity index (χ1v) is 29.1. The van der Waals surface area contributed by atoms with Crippen molar-refractivity contribution in [3.8, 4) is 11.1 Å². The second-order valence-electron chi connectivity index (χ2n) is 21.0. The van der Waals surface area contributed by atoms with Crippen molar-refractivity contribution in [1.82, 2.24) is 25.0 Å². The Kier molecular flexibility index (Phi) is 28.5. The van der Waals surface area contributed by atoms with E-state index in [1.54, 1.807) is 47.5 Å². The van der Waals surface area contributed by atoms with Gasteiger partial charge in [0.15, 0.2) is 5.78 Å². The number of nitrogens with one attached hydrogen (secondary N) is 2. The molecule has 3 atom stereocenters. The van der Waals surface area contributed by atoms with Crippen molar-refractivity contribution in [2.45, 2.75) is 84.5 Å². The summed E-state index contributed by atoms with van der Waals surface area (Å²) < 4.78 is 59.2. The average Bonchev–Trinajstić information content (AvgIpc) is 3.66. The Balaban J connectivity index is 1.15. The van der Waals surface area contributed by atoms with Crippen LogP contribution >= 0.6 is 11.8 Å². The van der Waals surface area contributed by atoms with Gasteiger partial charge in [-0.05, 0) is 53.6 Å². The summed E-state index contributed by atoms with van der Waals surface area (Å²) in [6.45, 7) is 7.52. The van der Waals surface area contributed by atoms with Crippen LogP contribution in [0, 0.1) is 23.0 Å². The molecule has 85 heavy (non-hydrogen) atoms. The predicted molar refractivity (Wildman–Crippen MR) is 310 cm³/mol. The molecule has 1 aliphatic heterocycles. The highest BCUT2D eigenvalue weighted by Crippen LogP contribution is 2.42. The zero-order valence-corrected chi connectivity index (χ0v) is 49.0. The number of rotatable bonds is 40. The number of alkyl carbamates (subject to hydrolysis) is 1. The van der Waals surface area contributed by atoms with Crippen LogP contribution < -0.4 is 16.4 Å². The summed E-state index contributed by atoms with van der Waals surface area (Å²) in [5.41, 5.74) is 7.29. The summed E-state index contributed by atoms with van der Waals surface area (Å²) in [5, 5.41) is 15.2. The zero-order valence-electron chi connectivity index (χ0n) is 48.1. The van der Waals surface area contributed by atoms with E-state index in [0.717, 1.165) is 52.6 Å². The minimum absolute atomic E-state index is 0.0123. The molecule has 0 radical (unpaired) electrons. The van der Waals surface area contributed by atoms with Crippen LogP contribution in [0.4, 0.5) is 13.6 Å². The number of primary amides is 1. The number of hydrogen-bond acceptors (Lipinski definition) is 15. The third kappa shape index (κ3) is 24.1. The Morgan fingerprint density at radius 1 is 0.753 bits per heavy atom. The maximum atomic E-state index is 15.5. The molecule has 6 amide bonds. The van der Waals surface area contributed by atoms with E-state index in [1.807, 2.05) is 55.7 Å². The lowest BCUT2D eigenvalue weighted by Crippen LogP contribution is -2.44. The molecule has 0 fully saturated rings. The van der Waals surface area contributed by atoms with Crippen LogP contribution in [-0.2, 0) is 75.2 Å². The molecule has 0 saturated carbocycles. The number of nitrogens with two attached hydrogens (primary N) is 1. The second kappa shape index (κ2) is 35.6. The average molecular weight is 1200 g/mol. The lowest BCUT2D eigenvalue weighted by atomic mass is 9.82. The maximum Gasteiger partial charge on any atom is 0.408 e. The zero-order chi connectivity index (χ0) is 61.7. The Hall–Kier alpha value is -7.64. The van der Waals surface area contributed by atoms with Crippen molar-refractivity contribution in [2.75, 3.05) is 84.0 Å². The molecule has 0 aliphatic carbocycles. The molecule has 460 valence electrons. The van der Waals surface area contributed by atoms with E-state index in [2.05, 4.69) is 10.6 Å². The number of benzene rings is 3. The minimum atomic E-state index is -1.28. The van der Waals surface area contributed by atoms with Crippen LogP contribution in [0.1, 0.15) is 82.2 Å². The molecular weight excluding hydrogens is 1130 g/mol. The number of imide groups is 1. The number of carboxylic acid groups (broad SMARTS) is 1. The largest absolute Gasteiger partial charge is 0.481 e. The van der Waals surface area contributed by atoms with Gasteiger partial charge in [-0.1, -0.05) is 81.4 Å². The van der Waals surface area contributed by atoms with Gasteiger partial charge in [0.05, 0.1) is 83.0 Å². The molecule has 0 bridgehead atoms. The Bertz CT molecular complexity index is 2890. The molecule has 24 heteroatoms. The van der Waals surface area contributed by atoms with Crippen molar-refractivity contribution >= 4 is 64.9 Å². The van der Waals surface area contributed by atoms with Crippen molar-refractivity contribution in [1.29, 1.82) is 0 Å². The monoisotopic (exact) mass is 1200 g/mol. The maximum absolute atomic E-state index is 15.5. The molecule has 4 aromatic rings. The standard InChI is InChI=1S/C61H76F2N6O15S/c1-61(2,3)58(51-33-44(48-34-46(62)17-18-49(48)63)37-67(51)36-42-12-6-4-7-13-42)68(23-11-10-16-52(71)50(35-53(64)72)66-60(79)84-39-43-14-8-5-9-15-43)57(76)41-85-40-45(59(77)78)32-47(70)21-24-80-26-28-82-30-31-83-29-27-81-25-22-65-54(73)38-69-55(74)19-20-56(69)75/h4-9,12-15,17-20,33-34,37,45,50,58H,10-11,16,21-32,35-36,38-41H2,1-3H3,(H2,64,72)(H,65,73)(H,66,79)(H,77,78)/t45-,50-,58?/m0/s1. The van der Waals surface area contributed by atoms with Crippen LogP contribution in [0.3, 0.4) is 0 Å². The number of hydrogen-bond donors (Lipinski definition) is 4. The molecule has 0 saturated heterocycles. The first-order valence-electron chi connectivity index (χ1n) is 27.9. The normalized spacial score (nSPS) is 13.3. The van der Waals surface area contributed by atoms with Gasteiger partial charge in [0.2, 0.25) is 17.7 Å². The number of ether oxygens (including phenoxy) is 5. The number of unbranched alkanes of at least 4 members (excludes halogenated alkanes) is 1. The topological polar surface area (TPSA) is 282 Å². The molecular formula is C61H76F2N6O15S. The number of ketones is 2. The van der Waals surface area contributed by atoms with Gasteiger partial charge in [0.25, 0.3) is 11.8 Å². The number of carboxylic acids is 1. The van der Waals surface area contributed by atoms with E-state index in [4.69, 9.17) is 29.4 Å². The van der Waals surface area contributed by atoms with E-state index in [1.165, 1.54) is 0 Å². The smallest absolute Gasteiger partial charge is 0.408 e. The number of Topliss-reactive ketones (excluding diaryl/α,β-unsaturated/α-hetero) is 2. The summed E-state index contributed by atoms with van der Waals surface area (Å²) in [5.74, 6) is -7.57. The highest BCUT2D eigenvalue weighted by atomic mass is 32.2. The summed E-state index contributed by atoms with van der Waals surface area (Å²) in [6, 6.07) is 21.2. The molecule has 1 aromatic heterocycles. The number of amides is 6. The highest BCUT2D eigenvalue weighted by molar-refractivity contribution is 7.99. The highest BCUT2D eigenvalue weighted by Gasteiger charge is 2.38. The fourth-order valence-corrected chi connectivity index (χ4v) is 10.1. The van der Waals surface area contributed by atoms with Gasteiger partial charge in [0, 0.05) is 79.8 Å². The number of aromatic nitrogens is 1. The van der Waals surface area contributed by atoms with Gasteiger partial charge >= 0.3 is 12.1 Å². The number of thioether (sulfide) groups is 1. The third-order valence-corrected chi connectivity index (χ3v) is 14.3. The van der Waals surface area contributed by atoms with Crippen molar-refractivity contribution < 1.29 is 80.7 Å². The van der Waals surface area contributed by atoms with Gasteiger partial charge < -0.3 is 54.6 Å². The van der Waals surface area contributed by atoms with Crippen molar-refractivity contribution in [3.05, 3.63) is 132 Å².